The molecule has 19 heavy (non-hydrogen) atoms. The third-order valence-electron chi connectivity index (χ3n) is 3.15. The highest BCUT2D eigenvalue weighted by atomic mass is 79.9. The van der Waals surface area contributed by atoms with E-state index in [-0.39, 0.29) is 11.4 Å². The van der Waals surface area contributed by atoms with Gasteiger partial charge in [0, 0.05) is 17.6 Å². The predicted octanol–water partition coefficient (Wildman–Crippen LogP) is 2.12. The maximum Gasteiger partial charge on any atom is 0.246 e. The fourth-order valence-corrected chi connectivity index (χ4v) is 4.18. The molecule has 0 radical (unpaired) electrons. The fourth-order valence-electron chi connectivity index (χ4n) is 2.20. The maximum atomic E-state index is 13.8. The summed E-state index contributed by atoms with van der Waals surface area (Å²) in [6.45, 7) is 1.88. The van der Waals surface area contributed by atoms with Crippen LogP contribution in [0.5, 0.6) is 0 Å². The number of rotatable bonds is 2. The third-order valence-corrected chi connectivity index (χ3v) is 5.52. The van der Waals surface area contributed by atoms with Gasteiger partial charge in [-0.15, -0.1) is 0 Å². The first kappa shape index (κ1) is 14.9. The SMILES string of the molecule is CC1(O)CCCN(S(=O)(=O)c2ccc(Br)cc2F)C1. The topological polar surface area (TPSA) is 57.6 Å². The average Bonchev–Trinajstić information content (AvgIpc) is 2.27. The van der Waals surface area contributed by atoms with E-state index in [0.29, 0.717) is 23.9 Å². The summed E-state index contributed by atoms with van der Waals surface area (Å²) in [5, 5.41) is 9.96. The van der Waals surface area contributed by atoms with Crippen molar-refractivity contribution >= 4 is 26.0 Å². The van der Waals surface area contributed by atoms with Crippen molar-refractivity contribution in [3.8, 4) is 0 Å². The van der Waals surface area contributed by atoms with E-state index in [4.69, 9.17) is 0 Å². The number of β-amino-alcohol motifs (C(OH)–C–C–N with tert-alkyl or cyclic N) is 1. The number of hydrogen-bond donors (Lipinski definition) is 1. The summed E-state index contributed by atoms with van der Waals surface area (Å²) in [6, 6.07) is 3.84. The molecule has 0 saturated carbocycles. The molecule has 1 aromatic carbocycles. The number of halogens is 2. The highest BCUT2D eigenvalue weighted by Gasteiger charge is 2.36. The van der Waals surface area contributed by atoms with Gasteiger partial charge in [0.25, 0.3) is 0 Å². The van der Waals surface area contributed by atoms with Crippen LogP contribution >= 0.6 is 15.9 Å². The Hall–Kier alpha value is -0.500. The molecular weight excluding hydrogens is 337 g/mol. The molecule has 1 saturated heterocycles. The van der Waals surface area contributed by atoms with Gasteiger partial charge in [-0.2, -0.15) is 4.31 Å². The van der Waals surface area contributed by atoms with Crippen molar-refractivity contribution in [2.24, 2.45) is 0 Å². The first-order chi connectivity index (χ1) is 8.72. The normalized spacial score (nSPS) is 25.5. The van der Waals surface area contributed by atoms with Gasteiger partial charge in [-0.1, -0.05) is 15.9 Å². The van der Waals surface area contributed by atoms with Gasteiger partial charge in [-0.3, -0.25) is 0 Å². The molecule has 0 spiro atoms. The smallest absolute Gasteiger partial charge is 0.246 e. The molecular formula is C12H15BrFNO3S. The quantitative estimate of drug-likeness (QED) is 0.887. The lowest BCUT2D eigenvalue weighted by Crippen LogP contribution is -2.48. The molecule has 0 amide bonds. The summed E-state index contributed by atoms with van der Waals surface area (Å²) < 4.78 is 40.2. The number of aliphatic hydroxyl groups is 1. The summed E-state index contributed by atoms with van der Waals surface area (Å²) in [4.78, 5) is -0.353. The Kier molecular flexibility index (Phi) is 4.02. The van der Waals surface area contributed by atoms with E-state index in [0.717, 1.165) is 10.4 Å². The molecule has 106 valence electrons. The standard InChI is InChI=1S/C12H15BrFNO3S/c1-12(16)5-2-6-15(8-12)19(17,18)11-4-3-9(13)7-10(11)14/h3-4,7,16H,2,5-6,8H2,1H3. The van der Waals surface area contributed by atoms with Gasteiger partial charge < -0.3 is 5.11 Å². The van der Waals surface area contributed by atoms with Crippen molar-refractivity contribution < 1.29 is 17.9 Å². The van der Waals surface area contributed by atoms with Gasteiger partial charge in [0.15, 0.2) is 0 Å². The van der Waals surface area contributed by atoms with Crippen LogP contribution in [0.1, 0.15) is 19.8 Å². The van der Waals surface area contributed by atoms with Gasteiger partial charge in [-0.05, 0) is 38.0 Å². The molecule has 1 unspecified atom stereocenters. The van der Waals surface area contributed by atoms with Crippen molar-refractivity contribution in [1.29, 1.82) is 0 Å². The molecule has 1 aromatic rings. The zero-order chi connectivity index (χ0) is 14.3. The number of sulfonamides is 1. The molecule has 1 aliphatic rings. The minimum absolute atomic E-state index is 0.00909. The highest BCUT2D eigenvalue weighted by molar-refractivity contribution is 9.10. The van der Waals surface area contributed by atoms with Crippen LogP contribution in [0.25, 0.3) is 0 Å². The fraction of sp³-hybridized carbons (Fsp3) is 0.500. The first-order valence-electron chi connectivity index (χ1n) is 5.90. The van der Waals surface area contributed by atoms with E-state index >= 15 is 0 Å². The van der Waals surface area contributed by atoms with Crippen molar-refractivity contribution in [2.75, 3.05) is 13.1 Å². The lowest BCUT2D eigenvalue weighted by molar-refractivity contribution is 0.00934. The van der Waals surface area contributed by atoms with Gasteiger partial charge in [-0.25, -0.2) is 12.8 Å². The molecule has 2 rings (SSSR count). The van der Waals surface area contributed by atoms with Gasteiger partial charge >= 0.3 is 0 Å². The lowest BCUT2D eigenvalue weighted by Gasteiger charge is -2.35. The van der Waals surface area contributed by atoms with E-state index in [1.807, 2.05) is 0 Å². The Morgan fingerprint density at radius 1 is 1.47 bits per heavy atom. The van der Waals surface area contributed by atoms with Crippen molar-refractivity contribution in [3.63, 3.8) is 0 Å². The molecule has 0 aliphatic carbocycles. The van der Waals surface area contributed by atoms with Crippen LogP contribution in [0.15, 0.2) is 27.6 Å². The molecule has 0 bridgehead atoms. The molecule has 1 heterocycles. The van der Waals surface area contributed by atoms with Crippen LogP contribution in [-0.2, 0) is 10.0 Å². The first-order valence-corrected chi connectivity index (χ1v) is 8.13. The number of piperidine rings is 1. The monoisotopic (exact) mass is 351 g/mol. The van der Waals surface area contributed by atoms with Crippen molar-refractivity contribution in [3.05, 3.63) is 28.5 Å². The molecule has 7 heteroatoms. The third kappa shape index (κ3) is 3.16. The maximum absolute atomic E-state index is 13.8. The molecule has 4 nitrogen and oxygen atoms in total. The second-order valence-electron chi connectivity index (χ2n) is 5.01. The van der Waals surface area contributed by atoms with E-state index < -0.39 is 21.4 Å². The van der Waals surface area contributed by atoms with Crippen LogP contribution in [0.2, 0.25) is 0 Å². The zero-order valence-corrected chi connectivity index (χ0v) is 12.8. The summed E-state index contributed by atoms with van der Waals surface area (Å²) in [5.41, 5.74) is -1.06. The van der Waals surface area contributed by atoms with Crippen LogP contribution in [0, 0.1) is 5.82 Å². The summed E-state index contributed by atoms with van der Waals surface area (Å²) in [7, 11) is -3.90. The minimum atomic E-state index is -3.90. The van der Waals surface area contributed by atoms with Crippen LogP contribution in [0.3, 0.4) is 0 Å². The molecule has 1 N–H and O–H groups in total. The van der Waals surface area contributed by atoms with Crippen molar-refractivity contribution in [2.45, 2.75) is 30.3 Å². The van der Waals surface area contributed by atoms with E-state index in [9.17, 15) is 17.9 Å². The second-order valence-corrected chi connectivity index (χ2v) is 7.84. The second kappa shape index (κ2) is 5.12. The summed E-state index contributed by atoms with van der Waals surface area (Å²) >= 11 is 3.09. The van der Waals surface area contributed by atoms with Crippen LogP contribution < -0.4 is 0 Å². The molecule has 1 aliphatic heterocycles. The van der Waals surface area contributed by atoms with Crippen molar-refractivity contribution in [1.82, 2.24) is 4.31 Å². The van der Waals surface area contributed by atoms with Crippen LogP contribution in [0.4, 0.5) is 4.39 Å². The Morgan fingerprint density at radius 3 is 2.74 bits per heavy atom. The number of nitrogens with zero attached hydrogens (tertiary/aromatic N) is 1. The largest absolute Gasteiger partial charge is 0.389 e. The summed E-state index contributed by atoms with van der Waals surface area (Å²) in [6.07, 6.45) is 1.10. The Labute approximate surface area is 120 Å². The minimum Gasteiger partial charge on any atom is -0.389 e. The summed E-state index contributed by atoms with van der Waals surface area (Å²) in [5.74, 6) is -0.792. The zero-order valence-electron chi connectivity index (χ0n) is 10.4. The molecule has 1 fully saturated rings. The predicted molar refractivity (Wildman–Crippen MR) is 72.7 cm³/mol. The highest BCUT2D eigenvalue weighted by Crippen LogP contribution is 2.28. The molecule has 0 aromatic heterocycles. The Bertz CT molecular complexity index is 589. The van der Waals surface area contributed by atoms with Gasteiger partial charge in [0.05, 0.1) is 5.60 Å². The van der Waals surface area contributed by atoms with Crippen LogP contribution in [-0.4, -0.2) is 36.5 Å². The van der Waals surface area contributed by atoms with Gasteiger partial charge in [0.1, 0.15) is 10.7 Å². The Balaban J connectivity index is 2.37. The van der Waals surface area contributed by atoms with E-state index in [2.05, 4.69) is 15.9 Å². The average molecular weight is 352 g/mol. The van der Waals surface area contributed by atoms with E-state index in [1.54, 1.807) is 6.92 Å². The Morgan fingerprint density at radius 2 is 2.16 bits per heavy atom. The number of benzene rings is 1. The molecule has 1 atom stereocenters. The van der Waals surface area contributed by atoms with E-state index in [1.165, 1.54) is 12.1 Å². The number of hydrogen-bond acceptors (Lipinski definition) is 3. The lowest BCUT2D eigenvalue weighted by atomic mass is 9.97. The van der Waals surface area contributed by atoms with Gasteiger partial charge in [0.2, 0.25) is 10.0 Å².